The molecule has 0 aliphatic rings. The van der Waals surface area contributed by atoms with Crippen molar-refractivity contribution in [3.05, 3.63) is 53.1 Å². The zero-order valence-electron chi connectivity index (χ0n) is 11.6. The van der Waals surface area contributed by atoms with Gasteiger partial charge in [-0.25, -0.2) is 0 Å². The van der Waals surface area contributed by atoms with Crippen molar-refractivity contribution in [3.63, 3.8) is 0 Å². The maximum atomic E-state index is 11.0. The van der Waals surface area contributed by atoms with E-state index in [1.165, 1.54) is 0 Å². The SMILES string of the molecule is NC(=O)c1ccc(-c2ccc(OCCOC=O)c(Cl)c2)cc1. The fourth-order valence-electron chi connectivity index (χ4n) is 1.87. The summed E-state index contributed by atoms with van der Waals surface area (Å²) in [4.78, 5) is 21.1. The average Bonchev–Trinajstić information content (AvgIpc) is 2.53. The van der Waals surface area contributed by atoms with Crippen molar-refractivity contribution in [3.8, 4) is 16.9 Å². The smallest absolute Gasteiger partial charge is 0.293 e. The summed E-state index contributed by atoms with van der Waals surface area (Å²) in [6, 6.07) is 12.3. The Bertz CT molecular complexity index is 670. The van der Waals surface area contributed by atoms with E-state index in [4.69, 9.17) is 22.1 Å². The molecule has 0 aliphatic carbocycles. The first-order chi connectivity index (χ1) is 10.6. The molecule has 22 heavy (non-hydrogen) atoms. The molecule has 6 heteroatoms. The highest BCUT2D eigenvalue weighted by Crippen LogP contribution is 2.30. The molecule has 0 fully saturated rings. The molecular formula is C16H14ClNO4. The molecule has 0 unspecified atom stereocenters. The number of hydrogen-bond donors (Lipinski definition) is 1. The van der Waals surface area contributed by atoms with Crippen LogP contribution in [0.15, 0.2) is 42.5 Å². The number of hydrogen-bond acceptors (Lipinski definition) is 4. The quantitative estimate of drug-likeness (QED) is 0.628. The number of halogens is 1. The molecule has 0 heterocycles. The molecule has 0 bridgehead atoms. The zero-order valence-corrected chi connectivity index (χ0v) is 12.4. The van der Waals surface area contributed by atoms with Gasteiger partial charge in [0.1, 0.15) is 19.0 Å². The Morgan fingerprint density at radius 2 is 1.77 bits per heavy atom. The molecule has 1 amide bonds. The van der Waals surface area contributed by atoms with E-state index in [1.807, 2.05) is 6.07 Å². The average molecular weight is 320 g/mol. The maximum Gasteiger partial charge on any atom is 0.293 e. The van der Waals surface area contributed by atoms with Crippen LogP contribution >= 0.6 is 11.6 Å². The molecule has 5 nitrogen and oxygen atoms in total. The lowest BCUT2D eigenvalue weighted by molar-refractivity contribution is -0.129. The molecular weight excluding hydrogens is 306 g/mol. The van der Waals surface area contributed by atoms with Crippen molar-refractivity contribution in [2.45, 2.75) is 0 Å². The van der Waals surface area contributed by atoms with Gasteiger partial charge in [-0.2, -0.15) is 0 Å². The number of amides is 1. The number of ether oxygens (including phenoxy) is 2. The van der Waals surface area contributed by atoms with E-state index in [2.05, 4.69) is 4.74 Å². The summed E-state index contributed by atoms with van der Waals surface area (Å²) in [6.07, 6.45) is 0. The number of rotatable bonds is 7. The van der Waals surface area contributed by atoms with E-state index in [-0.39, 0.29) is 13.2 Å². The van der Waals surface area contributed by atoms with Crippen molar-refractivity contribution in [2.24, 2.45) is 5.73 Å². The normalized spacial score (nSPS) is 10.0. The first-order valence-electron chi connectivity index (χ1n) is 6.49. The van der Waals surface area contributed by atoms with Crippen LogP contribution in [0.3, 0.4) is 0 Å². The van der Waals surface area contributed by atoms with E-state index >= 15 is 0 Å². The van der Waals surface area contributed by atoms with Gasteiger partial charge in [-0.3, -0.25) is 9.59 Å². The van der Waals surface area contributed by atoms with Crippen molar-refractivity contribution >= 4 is 24.0 Å². The molecule has 2 aromatic carbocycles. The maximum absolute atomic E-state index is 11.0. The van der Waals surface area contributed by atoms with Crippen LogP contribution in [-0.4, -0.2) is 25.6 Å². The summed E-state index contributed by atoms with van der Waals surface area (Å²) in [7, 11) is 0. The van der Waals surface area contributed by atoms with Crippen LogP contribution in [-0.2, 0) is 9.53 Å². The Balaban J connectivity index is 2.11. The highest BCUT2D eigenvalue weighted by molar-refractivity contribution is 6.32. The third kappa shape index (κ3) is 3.99. The van der Waals surface area contributed by atoms with E-state index in [0.717, 1.165) is 11.1 Å². The summed E-state index contributed by atoms with van der Waals surface area (Å²) in [5, 5.41) is 0.447. The van der Waals surface area contributed by atoms with E-state index in [9.17, 15) is 9.59 Å². The predicted molar refractivity (Wildman–Crippen MR) is 82.9 cm³/mol. The van der Waals surface area contributed by atoms with Gasteiger partial charge in [0.15, 0.2) is 0 Å². The number of benzene rings is 2. The van der Waals surface area contributed by atoms with Gasteiger partial charge in [0.05, 0.1) is 5.02 Å². The highest BCUT2D eigenvalue weighted by Gasteiger charge is 2.06. The minimum Gasteiger partial charge on any atom is -0.488 e. The van der Waals surface area contributed by atoms with Gasteiger partial charge in [0, 0.05) is 5.56 Å². The Labute approximate surface area is 132 Å². The van der Waals surface area contributed by atoms with E-state index < -0.39 is 5.91 Å². The van der Waals surface area contributed by atoms with Gasteiger partial charge in [0.2, 0.25) is 5.91 Å². The molecule has 0 aromatic heterocycles. The second-order valence-electron chi connectivity index (χ2n) is 4.40. The standard InChI is InChI=1S/C16H14ClNO4/c17-14-9-13(5-6-15(14)22-8-7-21-10-19)11-1-3-12(4-2-11)16(18)20/h1-6,9-10H,7-8H2,(H2,18,20). The minimum absolute atomic E-state index is 0.163. The van der Waals surface area contributed by atoms with Crippen LogP contribution in [0.25, 0.3) is 11.1 Å². The highest BCUT2D eigenvalue weighted by atomic mass is 35.5. The number of primary amides is 1. The van der Waals surface area contributed by atoms with Crippen LogP contribution in [0.5, 0.6) is 5.75 Å². The Morgan fingerprint density at radius 3 is 2.36 bits per heavy atom. The Morgan fingerprint density at radius 1 is 1.09 bits per heavy atom. The molecule has 0 radical (unpaired) electrons. The van der Waals surface area contributed by atoms with Crippen molar-refractivity contribution in [2.75, 3.05) is 13.2 Å². The predicted octanol–water partition coefficient (Wildman–Crippen LogP) is 2.66. The van der Waals surface area contributed by atoms with E-state index in [0.29, 0.717) is 22.8 Å². The molecule has 0 atom stereocenters. The van der Waals surface area contributed by atoms with Crippen LogP contribution in [0.2, 0.25) is 5.02 Å². The Kier molecular flexibility index (Phi) is 5.38. The molecule has 0 aliphatic heterocycles. The second-order valence-corrected chi connectivity index (χ2v) is 4.81. The summed E-state index contributed by atoms with van der Waals surface area (Å²) in [5.41, 5.74) is 7.45. The third-order valence-electron chi connectivity index (χ3n) is 2.96. The topological polar surface area (TPSA) is 78.6 Å². The van der Waals surface area contributed by atoms with Gasteiger partial charge in [-0.05, 0) is 35.4 Å². The minimum atomic E-state index is -0.467. The summed E-state index contributed by atoms with van der Waals surface area (Å²) < 4.78 is 9.94. The van der Waals surface area contributed by atoms with E-state index in [1.54, 1.807) is 36.4 Å². The van der Waals surface area contributed by atoms with Crippen LogP contribution < -0.4 is 10.5 Å². The first kappa shape index (κ1) is 15.9. The second kappa shape index (κ2) is 7.47. The molecule has 2 N–H and O–H groups in total. The summed E-state index contributed by atoms with van der Waals surface area (Å²) >= 11 is 6.16. The lowest BCUT2D eigenvalue weighted by atomic mass is 10.0. The molecule has 2 rings (SSSR count). The van der Waals surface area contributed by atoms with Gasteiger partial charge < -0.3 is 15.2 Å². The lowest BCUT2D eigenvalue weighted by Gasteiger charge is -2.09. The molecule has 114 valence electrons. The summed E-state index contributed by atoms with van der Waals surface area (Å²) in [5.74, 6) is 0.0412. The number of carbonyl (C=O) groups excluding carboxylic acids is 2. The molecule has 0 spiro atoms. The third-order valence-corrected chi connectivity index (χ3v) is 3.26. The number of carbonyl (C=O) groups is 2. The molecule has 0 saturated carbocycles. The van der Waals surface area contributed by atoms with Gasteiger partial charge in [-0.1, -0.05) is 29.8 Å². The monoisotopic (exact) mass is 319 g/mol. The Hall–Kier alpha value is -2.53. The van der Waals surface area contributed by atoms with Crippen molar-refractivity contribution < 1.29 is 19.1 Å². The molecule has 2 aromatic rings. The molecule has 0 saturated heterocycles. The van der Waals surface area contributed by atoms with Crippen molar-refractivity contribution in [1.82, 2.24) is 0 Å². The fraction of sp³-hybridized carbons (Fsp3) is 0.125. The van der Waals surface area contributed by atoms with Crippen LogP contribution in [0.4, 0.5) is 0 Å². The van der Waals surface area contributed by atoms with Gasteiger partial charge in [0.25, 0.3) is 6.47 Å². The zero-order chi connectivity index (χ0) is 15.9. The van der Waals surface area contributed by atoms with Gasteiger partial charge in [-0.15, -0.1) is 0 Å². The summed E-state index contributed by atoms with van der Waals surface area (Å²) in [6.45, 7) is 0.755. The fourth-order valence-corrected chi connectivity index (χ4v) is 2.11. The van der Waals surface area contributed by atoms with Crippen LogP contribution in [0, 0.1) is 0 Å². The van der Waals surface area contributed by atoms with Crippen molar-refractivity contribution in [1.29, 1.82) is 0 Å². The first-order valence-corrected chi connectivity index (χ1v) is 6.87. The lowest BCUT2D eigenvalue weighted by Crippen LogP contribution is -2.10. The number of nitrogens with two attached hydrogens (primary N) is 1. The van der Waals surface area contributed by atoms with Crippen LogP contribution in [0.1, 0.15) is 10.4 Å². The van der Waals surface area contributed by atoms with Gasteiger partial charge >= 0.3 is 0 Å². The largest absolute Gasteiger partial charge is 0.488 e.